The van der Waals surface area contributed by atoms with E-state index in [1.165, 1.54) is 30.3 Å². The summed E-state index contributed by atoms with van der Waals surface area (Å²) in [4.78, 5) is 27.4. The first-order chi connectivity index (χ1) is 11.7. The van der Waals surface area contributed by atoms with Crippen LogP contribution in [0.3, 0.4) is 0 Å². The minimum Gasteiger partial charge on any atom is -0.307 e. The zero-order chi connectivity index (χ0) is 16.5. The predicted octanol–water partition coefficient (Wildman–Crippen LogP) is 2.24. The fraction of sp³-hybridized carbons (Fsp3) is 0.389. The standard InChI is InChI=1S/C18H20N4O2/c23-17-15-7-3-4-8-16(15)19-18(24)21(17)11-9-13-10-12-22(20-13)14-5-1-2-6-14/h3-4,7-8,10,12,14H,1-2,5-6,9,11H2,(H,19,24). The van der Waals surface area contributed by atoms with Crippen LogP contribution in [0.1, 0.15) is 37.4 Å². The molecule has 0 radical (unpaired) electrons. The molecule has 0 bridgehead atoms. The van der Waals surface area contributed by atoms with Crippen LogP contribution in [0, 0.1) is 0 Å². The van der Waals surface area contributed by atoms with Gasteiger partial charge in [-0.3, -0.25) is 14.0 Å². The van der Waals surface area contributed by atoms with Crippen LogP contribution in [0.4, 0.5) is 0 Å². The van der Waals surface area contributed by atoms with Gasteiger partial charge in [-0.2, -0.15) is 5.10 Å². The van der Waals surface area contributed by atoms with Crippen molar-refractivity contribution in [1.82, 2.24) is 19.3 Å². The SMILES string of the molecule is O=c1[nH]c2ccccc2c(=O)n1CCc1ccn(C2CCCC2)n1. The lowest BCUT2D eigenvalue weighted by atomic mass is 10.2. The zero-order valence-electron chi connectivity index (χ0n) is 13.4. The molecule has 0 saturated heterocycles. The molecule has 1 N–H and O–H groups in total. The summed E-state index contributed by atoms with van der Waals surface area (Å²) < 4.78 is 3.30. The maximum atomic E-state index is 12.5. The average Bonchev–Trinajstić information content (AvgIpc) is 3.26. The van der Waals surface area contributed by atoms with E-state index in [4.69, 9.17) is 0 Å². The molecule has 2 aromatic heterocycles. The third kappa shape index (κ3) is 2.68. The maximum absolute atomic E-state index is 12.5. The summed E-state index contributed by atoms with van der Waals surface area (Å²) in [6, 6.07) is 9.57. The lowest BCUT2D eigenvalue weighted by Crippen LogP contribution is -2.35. The molecule has 4 rings (SSSR count). The normalized spacial score (nSPS) is 15.3. The molecule has 1 aliphatic carbocycles. The molecule has 0 aliphatic heterocycles. The van der Waals surface area contributed by atoms with Crippen molar-refractivity contribution in [1.29, 1.82) is 0 Å². The van der Waals surface area contributed by atoms with Crippen LogP contribution in [0.5, 0.6) is 0 Å². The Morgan fingerprint density at radius 2 is 1.92 bits per heavy atom. The number of H-pyrrole nitrogens is 1. The van der Waals surface area contributed by atoms with Gasteiger partial charge in [0.05, 0.1) is 22.6 Å². The first-order valence-electron chi connectivity index (χ1n) is 8.48. The van der Waals surface area contributed by atoms with E-state index < -0.39 is 0 Å². The molecule has 1 saturated carbocycles. The van der Waals surface area contributed by atoms with Crippen molar-refractivity contribution < 1.29 is 0 Å². The van der Waals surface area contributed by atoms with Crippen LogP contribution < -0.4 is 11.2 Å². The summed E-state index contributed by atoms with van der Waals surface area (Å²) in [5, 5.41) is 5.15. The minimum absolute atomic E-state index is 0.246. The Morgan fingerprint density at radius 3 is 2.75 bits per heavy atom. The maximum Gasteiger partial charge on any atom is 0.328 e. The van der Waals surface area contributed by atoms with E-state index in [0.717, 1.165) is 5.69 Å². The summed E-state index contributed by atoms with van der Waals surface area (Å²) in [5.41, 5.74) is 0.883. The molecule has 2 heterocycles. The molecule has 0 spiro atoms. The van der Waals surface area contributed by atoms with Crippen LogP contribution in [0.25, 0.3) is 10.9 Å². The van der Waals surface area contributed by atoms with Crippen molar-refractivity contribution in [3.8, 4) is 0 Å². The van der Waals surface area contributed by atoms with E-state index >= 15 is 0 Å². The first kappa shape index (κ1) is 14.9. The molecule has 6 nitrogen and oxygen atoms in total. The Bertz CT molecular complexity index is 976. The fourth-order valence-corrected chi connectivity index (χ4v) is 3.51. The van der Waals surface area contributed by atoms with Crippen molar-refractivity contribution >= 4 is 10.9 Å². The van der Waals surface area contributed by atoms with E-state index in [0.29, 0.717) is 29.9 Å². The van der Waals surface area contributed by atoms with Crippen LogP contribution >= 0.6 is 0 Å². The zero-order valence-corrected chi connectivity index (χ0v) is 13.4. The number of para-hydroxylation sites is 1. The second-order valence-electron chi connectivity index (χ2n) is 6.41. The second-order valence-corrected chi connectivity index (χ2v) is 6.41. The van der Waals surface area contributed by atoms with Crippen LogP contribution in [0.15, 0.2) is 46.1 Å². The topological polar surface area (TPSA) is 72.7 Å². The monoisotopic (exact) mass is 324 g/mol. The second kappa shape index (κ2) is 6.11. The number of hydrogen-bond donors (Lipinski definition) is 1. The summed E-state index contributed by atoms with van der Waals surface area (Å²) in [7, 11) is 0. The van der Waals surface area contributed by atoms with Crippen LogP contribution in [-0.4, -0.2) is 19.3 Å². The van der Waals surface area contributed by atoms with Gasteiger partial charge in [-0.15, -0.1) is 0 Å². The Labute approximate surface area is 138 Å². The fourth-order valence-electron chi connectivity index (χ4n) is 3.51. The smallest absolute Gasteiger partial charge is 0.307 e. The lowest BCUT2D eigenvalue weighted by molar-refractivity contribution is 0.461. The third-order valence-electron chi connectivity index (χ3n) is 4.84. The minimum atomic E-state index is -0.367. The summed E-state index contributed by atoms with van der Waals surface area (Å²) in [5.74, 6) is 0. The number of aromatic nitrogens is 4. The van der Waals surface area contributed by atoms with E-state index in [1.54, 1.807) is 24.3 Å². The first-order valence-corrected chi connectivity index (χ1v) is 8.48. The Balaban J connectivity index is 1.57. The van der Waals surface area contributed by atoms with Gasteiger partial charge in [0, 0.05) is 19.2 Å². The Kier molecular flexibility index (Phi) is 3.80. The molecule has 1 fully saturated rings. The van der Waals surface area contributed by atoms with Crippen molar-refractivity contribution in [3.63, 3.8) is 0 Å². The molecule has 0 unspecified atom stereocenters. The van der Waals surface area contributed by atoms with E-state index in [1.807, 2.05) is 16.9 Å². The number of fused-ring (bicyclic) bond motifs is 1. The number of aryl methyl sites for hydroxylation is 1. The van der Waals surface area contributed by atoms with Gasteiger partial charge in [-0.25, -0.2) is 4.79 Å². The number of nitrogens with one attached hydrogen (secondary N) is 1. The van der Waals surface area contributed by atoms with Gasteiger partial charge in [0.25, 0.3) is 5.56 Å². The predicted molar refractivity (Wildman–Crippen MR) is 92.3 cm³/mol. The van der Waals surface area contributed by atoms with E-state index in [-0.39, 0.29) is 11.2 Å². The Morgan fingerprint density at radius 1 is 1.12 bits per heavy atom. The summed E-state index contributed by atoms with van der Waals surface area (Å²) in [6.45, 7) is 0.334. The van der Waals surface area contributed by atoms with Gasteiger partial charge in [0.2, 0.25) is 0 Å². The molecular formula is C18H20N4O2. The highest BCUT2D eigenvalue weighted by molar-refractivity contribution is 5.76. The number of nitrogens with zero attached hydrogens (tertiary/aromatic N) is 3. The van der Waals surface area contributed by atoms with E-state index in [2.05, 4.69) is 10.1 Å². The molecule has 1 aromatic carbocycles. The number of rotatable bonds is 4. The van der Waals surface area contributed by atoms with Gasteiger partial charge >= 0.3 is 5.69 Å². The highest BCUT2D eigenvalue weighted by Gasteiger charge is 2.17. The lowest BCUT2D eigenvalue weighted by Gasteiger charge is -2.09. The van der Waals surface area contributed by atoms with Crippen LogP contribution in [0.2, 0.25) is 0 Å². The van der Waals surface area contributed by atoms with Gasteiger partial charge in [-0.05, 0) is 31.0 Å². The van der Waals surface area contributed by atoms with Gasteiger partial charge in [0.15, 0.2) is 0 Å². The number of benzene rings is 1. The molecule has 24 heavy (non-hydrogen) atoms. The van der Waals surface area contributed by atoms with Gasteiger partial charge < -0.3 is 4.98 Å². The van der Waals surface area contributed by atoms with E-state index in [9.17, 15) is 9.59 Å². The van der Waals surface area contributed by atoms with Crippen molar-refractivity contribution in [2.45, 2.75) is 44.7 Å². The molecule has 124 valence electrons. The number of hydrogen-bond acceptors (Lipinski definition) is 3. The van der Waals surface area contributed by atoms with Crippen molar-refractivity contribution in [3.05, 3.63) is 63.1 Å². The highest BCUT2D eigenvalue weighted by atomic mass is 16.2. The van der Waals surface area contributed by atoms with Crippen molar-refractivity contribution in [2.75, 3.05) is 0 Å². The third-order valence-corrected chi connectivity index (χ3v) is 4.84. The largest absolute Gasteiger partial charge is 0.328 e. The summed E-state index contributed by atoms with van der Waals surface area (Å²) >= 11 is 0. The molecule has 0 atom stereocenters. The van der Waals surface area contributed by atoms with Gasteiger partial charge in [0.1, 0.15) is 0 Å². The van der Waals surface area contributed by atoms with Crippen LogP contribution in [-0.2, 0) is 13.0 Å². The van der Waals surface area contributed by atoms with Gasteiger partial charge in [-0.1, -0.05) is 25.0 Å². The highest BCUT2D eigenvalue weighted by Crippen LogP contribution is 2.28. The molecular weight excluding hydrogens is 304 g/mol. The summed E-state index contributed by atoms with van der Waals surface area (Å²) in [6.07, 6.45) is 7.49. The number of aromatic amines is 1. The molecule has 3 aromatic rings. The molecule has 1 aliphatic rings. The molecule has 6 heteroatoms. The average molecular weight is 324 g/mol. The van der Waals surface area contributed by atoms with Crippen molar-refractivity contribution in [2.24, 2.45) is 0 Å². The Hall–Kier alpha value is -2.63. The molecule has 0 amide bonds. The quantitative estimate of drug-likeness (QED) is 0.800.